The Bertz CT molecular complexity index is 240. The molecule has 52 valence electrons. The van der Waals surface area contributed by atoms with Gasteiger partial charge in [0.1, 0.15) is 6.29 Å². The van der Waals surface area contributed by atoms with Gasteiger partial charge in [0.05, 0.1) is 0 Å². The van der Waals surface area contributed by atoms with E-state index in [2.05, 4.69) is 15.9 Å². The van der Waals surface area contributed by atoms with Crippen LogP contribution in [0.2, 0.25) is 0 Å². The van der Waals surface area contributed by atoms with E-state index in [1.165, 1.54) is 0 Å². The maximum Gasteiger partial charge on any atom is 0.150 e. The minimum absolute atomic E-state index is 0.590. The lowest BCUT2D eigenvalue weighted by molar-refractivity contribution is 0.112. The summed E-state index contributed by atoms with van der Waals surface area (Å²) in [4.78, 5) is 10.2. The Kier molecular flexibility index (Phi) is 2.06. The summed E-state index contributed by atoms with van der Waals surface area (Å²) in [6.45, 7) is 0. The number of hydrogen-bond acceptors (Lipinski definition) is 2. The molecule has 0 spiro atoms. The molecule has 0 saturated carbocycles. The van der Waals surface area contributed by atoms with Crippen LogP contribution >= 0.6 is 15.9 Å². The average Bonchev–Trinajstić information content (AvgIpc) is 1.85. The third-order valence-electron chi connectivity index (χ3n) is 1.08. The van der Waals surface area contributed by atoms with Crippen molar-refractivity contribution in [3.63, 3.8) is 0 Å². The third kappa shape index (κ3) is 1.57. The van der Waals surface area contributed by atoms with Crippen LogP contribution in [0.15, 0.2) is 22.7 Å². The smallest absolute Gasteiger partial charge is 0.150 e. The van der Waals surface area contributed by atoms with Crippen LogP contribution in [-0.4, -0.2) is 6.29 Å². The minimum atomic E-state index is 0.590. The zero-order valence-corrected chi connectivity index (χ0v) is 6.76. The van der Waals surface area contributed by atoms with E-state index in [4.69, 9.17) is 5.73 Å². The number of nitrogens with two attached hydrogens (primary N) is 1. The van der Waals surface area contributed by atoms with Gasteiger partial charge in [0.15, 0.2) is 0 Å². The number of benzene rings is 1. The van der Waals surface area contributed by atoms with Crippen molar-refractivity contribution in [3.8, 4) is 0 Å². The van der Waals surface area contributed by atoms with E-state index in [-0.39, 0.29) is 0 Å². The molecule has 0 aliphatic rings. The largest absolute Gasteiger partial charge is 0.399 e. The van der Waals surface area contributed by atoms with Gasteiger partial charge in [0.2, 0.25) is 0 Å². The van der Waals surface area contributed by atoms with Gasteiger partial charge >= 0.3 is 0 Å². The first-order valence-corrected chi connectivity index (χ1v) is 3.53. The molecule has 1 rings (SSSR count). The van der Waals surface area contributed by atoms with Crippen molar-refractivity contribution in [3.05, 3.63) is 28.2 Å². The Morgan fingerprint density at radius 2 is 2.10 bits per heavy atom. The van der Waals surface area contributed by atoms with Crippen LogP contribution in [0.3, 0.4) is 0 Å². The van der Waals surface area contributed by atoms with Gasteiger partial charge in [-0.1, -0.05) is 15.9 Å². The molecule has 0 saturated heterocycles. The van der Waals surface area contributed by atoms with Crippen LogP contribution in [0.25, 0.3) is 0 Å². The summed E-state index contributed by atoms with van der Waals surface area (Å²) in [6, 6.07) is 5.08. The van der Waals surface area contributed by atoms with Crippen LogP contribution in [0.5, 0.6) is 0 Å². The van der Waals surface area contributed by atoms with Gasteiger partial charge in [0, 0.05) is 15.7 Å². The molecule has 0 aliphatic carbocycles. The van der Waals surface area contributed by atoms with Crippen molar-refractivity contribution in [1.29, 1.82) is 0 Å². The van der Waals surface area contributed by atoms with Crippen LogP contribution in [0, 0.1) is 0 Å². The fourth-order valence-corrected chi connectivity index (χ4v) is 1.23. The summed E-state index contributed by atoms with van der Waals surface area (Å²) in [5.74, 6) is 0. The highest BCUT2D eigenvalue weighted by Crippen LogP contribution is 2.15. The molecule has 0 unspecified atom stereocenters. The summed E-state index contributed by atoms with van der Waals surface area (Å²) in [7, 11) is 0. The highest BCUT2D eigenvalue weighted by atomic mass is 79.9. The van der Waals surface area contributed by atoms with E-state index in [9.17, 15) is 4.79 Å². The number of anilines is 1. The Morgan fingerprint density at radius 3 is 2.60 bits per heavy atom. The maximum atomic E-state index is 10.2. The molecule has 10 heavy (non-hydrogen) atoms. The Morgan fingerprint density at radius 1 is 1.40 bits per heavy atom. The molecule has 0 amide bonds. The second-order valence-corrected chi connectivity index (χ2v) is 2.85. The van der Waals surface area contributed by atoms with E-state index in [0.29, 0.717) is 11.3 Å². The van der Waals surface area contributed by atoms with E-state index in [0.717, 1.165) is 10.8 Å². The topological polar surface area (TPSA) is 43.1 Å². The monoisotopic (exact) mass is 199 g/mol. The second-order valence-electron chi connectivity index (χ2n) is 1.94. The van der Waals surface area contributed by atoms with Gasteiger partial charge in [-0.25, -0.2) is 0 Å². The fraction of sp³-hybridized carbons (Fsp3) is 0. The summed E-state index contributed by atoms with van der Waals surface area (Å²) in [5, 5.41) is 0. The van der Waals surface area contributed by atoms with Gasteiger partial charge in [-0.3, -0.25) is 4.79 Å². The van der Waals surface area contributed by atoms with Crippen molar-refractivity contribution in [1.82, 2.24) is 0 Å². The molecule has 0 fully saturated rings. The lowest BCUT2D eigenvalue weighted by Crippen LogP contribution is -1.87. The number of nitrogen functional groups attached to an aromatic ring is 1. The van der Waals surface area contributed by atoms with Crippen LogP contribution in [-0.2, 0) is 0 Å². The van der Waals surface area contributed by atoms with E-state index in [1.807, 2.05) is 0 Å². The lowest BCUT2D eigenvalue weighted by atomic mass is 10.2. The number of carbonyl (C=O) groups excluding carboxylic acids is 1. The summed E-state index contributed by atoms with van der Waals surface area (Å²) in [6.07, 6.45) is 0.765. The zero-order valence-electron chi connectivity index (χ0n) is 5.17. The maximum absolute atomic E-state index is 10.2. The standard InChI is InChI=1S/C7H6BrNO/c8-6-1-5(4-10)2-7(9)3-6/h1-4H,9H2. The third-order valence-corrected chi connectivity index (χ3v) is 1.54. The molecule has 3 heteroatoms. The summed E-state index contributed by atoms with van der Waals surface area (Å²) < 4.78 is 0.828. The zero-order chi connectivity index (χ0) is 7.56. The van der Waals surface area contributed by atoms with Gasteiger partial charge in [-0.15, -0.1) is 0 Å². The number of carbonyl (C=O) groups is 1. The Hall–Kier alpha value is -0.830. The van der Waals surface area contributed by atoms with Crippen molar-refractivity contribution in [2.45, 2.75) is 0 Å². The van der Waals surface area contributed by atoms with Gasteiger partial charge in [0.25, 0.3) is 0 Å². The predicted octanol–water partition coefficient (Wildman–Crippen LogP) is 1.84. The SMILES string of the molecule is Nc1cc(Br)cc(C=O)c1. The van der Waals surface area contributed by atoms with Crippen molar-refractivity contribution in [2.75, 3.05) is 5.73 Å². The van der Waals surface area contributed by atoms with Crippen molar-refractivity contribution < 1.29 is 4.79 Å². The molecule has 0 atom stereocenters. The normalized spacial score (nSPS) is 9.30. The van der Waals surface area contributed by atoms with Gasteiger partial charge < -0.3 is 5.73 Å². The molecule has 0 radical (unpaired) electrons. The number of halogens is 1. The molecule has 0 aliphatic heterocycles. The van der Waals surface area contributed by atoms with E-state index in [1.54, 1.807) is 18.2 Å². The van der Waals surface area contributed by atoms with Crippen LogP contribution < -0.4 is 5.73 Å². The van der Waals surface area contributed by atoms with Crippen molar-refractivity contribution in [2.24, 2.45) is 0 Å². The van der Waals surface area contributed by atoms with Crippen LogP contribution in [0.4, 0.5) is 5.69 Å². The van der Waals surface area contributed by atoms with Gasteiger partial charge in [-0.2, -0.15) is 0 Å². The fourth-order valence-electron chi connectivity index (χ4n) is 0.704. The Balaban J connectivity index is 3.18. The molecule has 1 aromatic rings. The van der Waals surface area contributed by atoms with Crippen LogP contribution in [0.1, 0.15) is 10.4 Å². The molecule has 0 heterocycles. The molecular formula is C7H6BrNO. The van der Waals surface area contributed by atoms with Crippen molar-refractivity contribution >= 4 is 27.9 Å². The second kappa shape index (κ2) is 2.84. The van der Waals surface area contributed by atoms with Gasteiger partial charge in [-0.05, 0) is 18.2 Å². The first-order chi connectivity index (χ1) is 4.72. The molecule has 1 aromatic carbocycles. The molecular weight excluding hydrogens is 194 g/mol. The van der Waals surface area contributed by atoms with E-state index >= 15 is 0 Å². The molecule has 2 N–H and O–H groups in total. The minimum Gasteiger partial charge on any atom is -0.399 e. The summed E-state index contributed by atoms with van der Waals surface area (Å²) >= 11 is 3.21. The number of rotatable bonds is 1. The first kappa shape index (κ1) is 7.28. The number of aldehydes is 1. The Labute approximate surface area is 67.2 Å². The van der Waals surface area contributed by atoms with E-state index < -0.39 is 0 Å². The highest BCUT2D eigenvalue weighted by molar-refractivity contribution is 9.10. The highest BCUT2D eigenvalue weighted by Gasteiger charge is 1.93. The first-order valence-electron chi connectivity index (χ1n) is 2.73. The molecule has 0 bridgehead atoms. The average molecular weight is 200 g/mol. The summed E-state index contributed by atoms with van der Waals surface area (Å²) in [5.41, 5.74) is 6.63. The molecule has 2 nitrogen and oxygen atoms in total. The lowest BCUT2D eigenvalue weighted by Gasteiger charge is -1.95. The predicted molar refractivity (Wildman–Crippen MR) is 43.9 cm³/mol. The quantitative estimate of drug-likeness (QED) is 0.555. The number of hydrogen-bond donors (Lipinski definition) is 1. The molecule has 0 aromatic heterocycles.